The minimum Gasteiger partial charge on any atom is -0.493 e. The smallest absolute Gasteiger partial charge is 0.283 e. The molecule has 8 nitrogen and oxygen atoms in total. The zero-order valence-electron chi connectivity index (χ0n) is 20.4. The number of ether oxygens (including phenoxy) is 3. The Labute approximate surface area is 209 Å². The van der Waals surface area contributed by atoms with Crippen molar-refractivity contribution in [1.29, 1.82) is 5.41 Å². The van der Waals surface area contributed by atoms with Crippen LogP contribution in [0.2, 0.25) is 0 Å². The number of benzene rings is 2. The summed E-state index contributed by atoms with van der Waals surface area (Å²) in [5, 5.41) is 15.6. The van der Waals surface area contributed by atoms with E-state index in [-0.39, 0.29) is 17.3 Å². The molecule has 0 saturated heterocycles. The van der Waals surface area contributed by atoms with Gasteiger partial charge in [0.05, 0.1) is 12.7 Å². The maximum absolute atomic E-state index is 12.6. The third-order valence-corrected chi connectivity index (χ3v) is 6.48. The number of methoxy groups -OCH3 is 1. The van der Waals surface area contributed by atoms with E-state index in [1.54, 1.807) is 31.4 Å². The Balaban J connectivity index is 1.44. The van der Waals surface area contributed by atoms with E-state index in [1.807, 2.05) is 39.8 Å². The van der Waals surface area contributed by atoms with Crippen LogP contribution in [0.3, 0.4) is 0 Å². The molecule has 0 atom stereocenters. The Morgan fingerprint density at radius 1 is 1.06 bits per heavy atom. The van der Waals surface area contributed by atoms with Crippen LogP contribution in [0, 0.1) is 25.2 Å². The predicted octanol–water partition coefficient (Wildman–Crippen LogP) is 5.05. The van der Waals surface area contributed by atoms with Crippen molar-refractivity contribution >= 4 is 39.8 Å². The second-order valence-corrected chi connectivity index (χ2v) is 9.53. The van der Waals surface area contributed by atoms with Gasteiger partial charge in [-0.15, -0.1) is 0 Å². The van der Waals surface area contributed by atoms with Gasteiger partial charge in [0, 0.05) is 5.92 Å². The Hall–Kier alpha value is -3.59. The molecule has 0 bridgehead atoms. The summed E-state index contributed by atoms with van der Waals surface area (Å²) in [5.74, 6) is 1.62. The number of nitrogens with zero attached hydrogens (tertiary/aromatic N) is 3. The average Bonchev–Trinajstić information content (AvgIpc) is 3.24. The second kappa shape index (κ2) is 10.4. The van der Waals surface area contributed by atoms with E-state index >= 15 is 0 Å². The van der Waals surface area contributed by atoms with Gasteiger partial charge in [-0.3, -0.25) is 10.2 Å². The number of fused-ring (bicyclic) bond motifs is 1. The van der Waals surface area contributed by atoms with Crippen LogP contribution < -0.4 is 14.2 Å². The summed E-state index contributed by atoms with van der Waals surface area (Å²) >= 11 is 1.33. The van der Waals surface area contributed by atoms with Gasteiger partial charge in [0.25, 0.3) is 5.91 Å². The van der Waals surface area contributed by atoms with Gasteiger partial charge >= 0.3 is 0 Å². The molecule has 2 aliphatic rings. The molecular formula is C26H28N4O4S. The Morgan fingerprint density at radius 3 is 2.46 bits per heavy atom. The summed E-state index contributed by atoms with van der Waals surface area (Å²) in [4.78, 5) is 16.7. The normalized spacial score (nSPS) is 16.4. The van der Waals surface area contributed by atoms with Gasteiger partial charge in [-0.05, 0) is 72.6 Å². The molecule has 35 heavy (non-hydrogen) atoms. The summed E-state index contributed by atoms with van der Waals surface area (Å²) in [6, 6.07) is 11.4. The Bertz CT molecular complexity index is 1250. The molecule has 1 N–H and O–H groups in total. The summed E-state index contributed by atoms with van der Waals surface area (Å²) in [5.41, 5.74) is 3.15. The molecule has 2 aromatic rings. The molecule has 0 unspecified atom stereocenters. The van der Waals surface area contributed by atoms with Crippen LogP contribution in [0.15, 0.2) is 52.1 Å². The van der Waals surface area contributed by atoms with Crippen molar-refractivity contribution in [1.82, 2.24) is 5.01 Å². The number of thioether (sulfide) groups is 1. The molecule has 2 aliphatic heterocycles. The number of amidine groups is 2. The van der Waals surface area contributed by atoms with Crippen molar-refractivity contribution in [2.75, 3.05) is 20.3 Å². The first-order chi connectivity index (χ1) is 16.7. The highest BCUT2D eigenvalue weighted by atomic mass is 32.2. The topological polar surface area (TPSA) is 96.6 Å². The molecule has 2 aromatic carbocycles. The maximum Gasteiger partial charge on any atom is 0.283 e. The Kier molecular flexibility index (Phi) is 7.25. The molecule has 0 saturated carbocycles. The van der Waals surface area contributed by atoms with Gasteiger partial charge in [-0.1, -0.05) is 26.0 Å². The van der Waals surface area contributed by atoms with Crippen LogP contribution in [0.5, 0.6) is 17.2 Å². The van der Waals surface area contributed by atoms with Gasteiger partial charge < -0.3 is 14.2 Å². The van der Waals surface area contributed by atoms with Crippen LogP contribution in [0.25, 0.3) is 6.08 Å². The van der Waals surface area contributed by atoms with Crippen LogP contribution in [0.4, 0.5) is 0 Å². The minimum atomic E-state index is -0.461. The zero-order chi connectivity index (χ0) is 25.1. The third-order valence-electron chi connectivity index (χ3n) is 5.27. The molecule has 0 spiro atoms. The highest BCUT2D eigenvalue weighted by Crippen LogP contribution is 2.32. The fraction of sp³-hybridized carbons (Fsp3) is 0.308. The van der Waals surface area contributed by atoms with Gasteiger partial charge in [-0.25, -0.2) is 0 Å². The quantitative estimate of drug-likeness (QED) is 0.409. The Morgan fingerprint density at radius 2 is 1.77 bits per heavy atom. The highest BCUT2D eigenvalue weighted by Gasteiger charge is 2.36. The fourth-order valence-corrected chi connectivity index (χ4v) is 4.52. The van der Waals surface area contributed by atoms with Crippen molar-refractivity contribution in [3.05, 3.63) is 58.7 Å². The number of hydrazone groups is 1. The standard InChI is InChI=1S/C26H28N4O4S/c1-15(2)25-29-30-23(27)20(24(31)28-26(30)35-25)13-18-6-7-21(22(14-18)32-5)34-9-8-33-19-11-16(3)10-17(4)12-19/h6-7,10-15,27H,8-9H2,1-5H3/b20-13-,27-23?. The van der Waals surface area contributed by atoms with Crippen LogP contribution in [-0.2, 0) is 4.79 Å². The summed E-state index contributed by atoms with van der Waals surface area (Å²) < 4.78 is 17.1. The first kappa shape index (κ1) is 24.5. The lowest BCUT2D eigenvalue weighted by Gasteiger charge is -2.20. The summed E-state index contributed by atoms with van der Waals surface area (Å²) in [7, 11) is 1.55. The van der Waals surface area contributed by atoms with Crippen molar-refractivity contribution < 1.29 is 19.0 Å². The molecule has 0 aliphatic carbocycles. The number of amides is 1. The molecule has 0 fully saturated rings. The van der Waals surface area contributed by atoms with Gasteiger partial charge in [0.1, 0.15) is 24.0 Å². The molecule has 9 heteroatoms. The largest absolute Gasteiger partial charge is 0.493 e. The average molecular weight is 493 g/mol. The molecule has 182 valence electrons. The van der Waals surface area contributed by atoms with Gasteiger partial charge in [0.2, 0.25) is 5.17 Å². The molecule has 0 aromatic heterocycles. The number of rotatable bonds is 8. The van der Waals surface area contributed by atoms with E-state index in [1.165, 1.54) is 16.8 Å². The van der Waals surface area contributed by atoms with Gasteiger partial charge in [0.15, 0.2) is 17.3 Å². The van der Waals surface area contributed by atoms with Crippen LogP contribution >= 0.6 is 11.8 Å². The maximum atomic E-state index is 12.6. The lowest BCUT2D eigenvalue weighted by Crippen LogP contribution is -2.35. The minimum absolute atomic E-state index is 0.00553. The van der Waals surface area contributed by atoms with E-state index in [2.05, 4.69) is 16.2 Å². The highest BCUT2D eigenvalue weighted by molar-refractivity contribution is 8.27. The SMILES string of the molecule is COc1cc(/C=C2/C(=N)N3N=C(C(C)C)SC3=NC2=O)ccc1OCCOc1cc(C)cc(C)c1. The van der Waals surface area contributed by atoms with Crippen molar-refractivity contribution in [2.45, 2.75) is 27.7 Å². The third kappa shape index (κ3) is 5.57. The first-order valence-corrected chi connectivity index (χ1v) is 12.1. The summed E-state index contributed by atoms with van der Waals surface area (Å²) in [6.07, 6.45) is 1.62. The first-order valence-electron chi connectivity index (χ1n) is 11.3. The van der Waals surface area contributed by atoms with Crippen LogP contribution in [0.1, 0.15) is 30.5 Å². The van der Waals surface area contributed by atoms with E-state index in [4.69, 9.17) is 19.6 Å². The zero-order valence-corrected chi connectivity index (χ0v) is 21.2. The van der Waals surface area contributed by atoms with Gasteiger partial charge in [-0.2, -0.15) is 15.1 Å². The molecule has 0 radical (unpaired) electrons. The van der Waals surface area contributed by atoms with E-state index in [0.29, 0.717) is 35.4 Å². The molecule has 2 heterocycles. The number of hydrogen-bond acceptors (Lipinski definition) is 7. The predicted molar refractivity (Wildman–Crippen MR) is 140 cm³/mol. The fourth-order valence-electron chi connectivity index (χ4n) is 3.63. The number of carbonyl (C=O) groups excluding carboxylic acids is 1. The van der Waals surface area contributed by atoms with E-state index < -0.39 is 5.91 Å². The van der Waals surface area contributed by atoms with E-state index in [9.17, 15) is 4.79 Å². The second-order valence-electron chi connectivity index (χ2n) is 8.54. The monoisotopic (exact) mass is 492 g/mol. The molecule has 1 amide bonds. The van der Waals surface area contributed by atoms with Crippen molar-refractivity contribution in [3.8, 4) is 17.2 Å². The number of nitrogens with one attached hydrogen (secondary N) is 1. The lowest BCUT2D eigenvalue weighted by molar-refractivity contribution is -0.114. The number of carbonyl (C=O) groups is 1. The van der Waals surface area contributed by atoms with E-state index in [0.717, 1.165) is 21.9 Å². The number of hydrogen-bond donors (Lipinski definition) is 1. The van der Waals surface area contributed by atoms with Crippen molar-refractivity contribution in [3.63, 3.8) is 0 Å². The van der Waals surface area contributed by atoms with Crippen LogP contribution in [-0.4, -0.2) is 47.3 Å². The summed E-state index contributed by atoms with van der Waals surface area (Å²) in [6.45, 7) is 8.82. The number of aliphatic imine (C=N–C) groups is 1. The van der Waals surface area contributed by atoms with Crippen molar-refractivity contribution in [2.24, 2.45) is 16.0 Å². The molecule has 4 rings (SSSR count). The number of aryl methyl sites for hydroxylation is 2. The lowest BCUT2D eigenvalue weighted by atomic mass is 10.1. The molecular weight excluding hydrogens is 464 g/mol.